The largest absolute Gasteiger partial charge is 0.472 e. The first-order chi connectivity index (χ1) is 41.2. The van der Waals surface area contributed by atoms with E-state index in [0.717, 1.165) is 103 Å². The van der Waals surface area contributed by atoms with Gasteiger partial charge in [-0.1, -0.05) is 286 Å². The Labute approximate surface area is 515 Å². The molecule has 3 unspecified atom stereocenters. The zero-order chi connectivity index (χ0) is 61.2. The van der Waals surface area contributed by atoms with Crippen LogP contribution < -0.4 is 0 Å². The van der Waals surface area contributed by atoms with Crippen LogP contribution >= 0.6 is 7.82 Å². The molecule has 0 aliphatic rings. The molecule has 0 saturated carbocycles. The molecule has 0 spiro atoms. The molecule has 0 aliphatic heterocycles. The quantitative estimate of drug-likeness (QED) is 0.0197. The summed E-state index contributed by atoms with van der Waals surface area (Å²) in [7, 11) is -4.77. The van der Waals surface area contributed by atoms with Gasteiger partial charge < -0.3 is 24.2 Å². The Balaban J connectivity index is 4.71. The standard InChI is InChI=1S/C72H127O11P/c1-4-7-10-13-16-19-22-25-28-31-34-37-40-43-46-49-52-55-58-61-70(74)79-65-69(83-72(76)63-60-57-54-51-48-45-42-39-36-33-30-27-24-21-18-15-12-9-6-3)67-81-84(77,78)80-66-68(64-73)82-71(75)62-59-56-53-50-47-44-41-38-35-32-29-26-23-20-17-14-11-8-5-2/h9,12,17-18,20-21,26-27,29-30,36,39,45,48,68-69,73H,4-8,10-11,13-16,19,22-25,28,31-35,37-38,40-44,46-47,49-67H2,1-3H3,(H,77,78)/b12-9-,20-17-,21-18-,29-26-,30-27-,39-36-,48-45-. The maximum Gasteiger partial charge on any atom is 0.472 e. The molecule has 0 radical (unpaired) electrons. The van der Waals surface area contributed by atoms with E-state index in [2.05, 4.69) is 106 Å². The summed E-state index contributed by atoms with van der Waals surface area (Å²) in [5.74, 6) is -1.49. The summed E-state index contributed by atoms with van der Waals surface area (Å²) in [6, 6.07) is 0. The van der Waals surface area contributed by atoms with E-state index in [1.54, 1.807) is 0 Å². The summed E-state index contributed by atoms with van der Waals surface area (Å²) < 4.78 is 39.8. The van der Waals surface area contributed by atoms with E-state index in [4.69, 9.17) is 23.3 Å². The van der Waals surface area contributed by atoms with Crippen molar-refractivity contribution in [3.8, 4) is 0 Å². The van der Waals surface area contributed by atoms with Crippen LogP contribution in [0.2, 0.25) is 0 Å². The Kier molecular flexibility index (Phi) is 63.0. The van der Waals surface area contributed by atoms with Crippen LogP contribution in [0.1, 0.15) is 316 Å². The number of unbranched alkanes of at least 4 members (excludes halogenated alkanes) is 33. The number of hydrogen-bond acceptors (Lipinski definition) is 10. The van der Waals surface area contributed by atoms with Crippen molar-refractivity contribution < 1.29 is 52.2 Å². The third kappa shape index (κ3) is 63.2. The van der Waals surface area contributed by atoms with E-state index in [9.17, 15) is 28.9 Å². The molecule has 2 N–H and O–H groups in total. The summed E-state index contributed by atoms with van der Waals surface area (Å²) in [4.78, 5) is 48.9. The SMILES string of the molecule is CC/C=C\C/C=C\C/C=C\C/C=C\C/C=C\CCCCCC(=O)OC(COC(=O)CCCCCCCCCCCCCCCCCCCCC)COP(=O)(O)OCC(CO)OC(=O)CCCCCCCCCCC/C=C\C/C=C\CCCCC. The van der Waals surface area contributed by atoms with Crippen molar-refractivity contribution in [3.63, 3.8) is 0 Å². The van der Waals surface area contributed by atoms with Gasteiger partial charge in [-0.2, -0.15) is 0 Å². The topological polar surface area (TPSA) is 155 Å². The monoisotopic (exact) mass is 1200 g/mol. The predicted octanol–water partition coefficient (Wildman–Crippen LogP) is 21.4. The molecule has 3 atom stereocenters. The fraction of sp³-hybridized carbons (Fsp3) is 0.764. The van der Waals surface area contributed by atoms with Gasteiger partial charge in [0.15, 0.2) is 6.10 Å². The second-order valence-corrected chi connectivity index (χ2v) is 24.4. The molecule has 0 rings (SSSR count). The zero-order valence-electron chi connectivity index (χ0n) is 54.1. The van der Waals surface area contributed by atoms with Gasteiger partial charge in [-0.25, -0.2) is 4.57 Å². The molecule has 0 aromatic rings. The second-order valence-electron chi connectivity index (χ2n) is 23.0. The van der Waals surface area contributed by atoms with E-state index in [-0.39, 0.29) is 25.9 Å². The molecule has 0 aliphatic carbocycles. The number of carbonyl (C=O) groups excluding carboxylic acids is 3. The third-order valence-corrected chi connectivity index (χ3v) is 15.8. The second kappa shape index (κ2) is 65.6. The van der Waals surface area contributed by atoms with Gasteiger partial charge in [0.25, 0.3) is 0 Å². The molecule has 0 heterocycles. The van der Waals surface area contributed by atoms with Crippen molar-refractivity contribution in [2.45, 2.75) is 328 Å². The summed E-state index contributed by atoms with van der Waals surface area (Å²) in [6.07, 6.45) is 78.2. The van der Waals surface area contributed by atoms with Gasteiger partial charge in [0.1, 0.15) is 12.7 Å². The minimum absolute atomic E-state index is 0.128. The number of rotatable bonds is 64. The minimum atomic E-state index is -4.77. The maximum atomic E-state index is 13.0. The van der Waals surface area contributed by atoms with E-state index in [0.29, 0.717) is 19.3 Å². The van der Waals surface area contributed by atoms with E-state index in [1.165, 1.54) is 154 Å². The Morgan fingerprint density at radius 1 is 0.345 bits per heavy atom. The van der Waals surface area contributed by atoms with Crippen LogP contribution in [0.4, 0.5) is 0 Å². The van der Waals surface area contributed by atoms with Crippen LogP contribution in [0.25, 0.3) is 0 Å². The molecule has 0 aromatic heterocycles. The number of esters is 3. The van der Waals surface area contributed by atoms with Crippen molar-refractivity contribution in [1.82, 2.24) is 0 Å². The van der Waals surface area contributed by atoms with Crippen LogP contribution in [-0.4, -0.2) is 66.5 Å². The van der Waals surface area contributed by atoms with Crippen LogP contribution in [-0.2, 0) is 42.2 Å². The fourth-order valence-corrected chi connectivity index (χ4v) is 10.4. The lowest BCUT2D eigenvalue weighted by atomic mass is 10.0. The molecule has 84 heavy (non-hydrogen) atoms. The fourth-order valence-electron chi connectivity index (χ4n) is 9.59. The molecule has 11 nitrogen and oxygen atoms in total. The van der Waals surface area contributed by atoms with Crippen molar-refractivity contribution in [1.29, 1.82) is 0 Å². The lowest BCUT2D eigenvalue weighted by Crippen LogP contribution is -2.30. The number of phosphoric ester groups is 1. The van der Waals surface area contributed by atoms with Gasteiger partial charge in [0.2, 0.25) is 0 Å². The maximum absolute atomic E-state index is 13.0. The predicted molar refractivity (Wildman–Crippen MR) is 353 cm³/mol. The Hall–Kier alpha value is -3.34. The Bertz CT molecular complexity index is 1730. The molecule has 0 amide bonds. The summed E-state index contributed by atoms with van der Waals surface area (Å²) in [6.45, 7) is 4.53. The highest BCUT2D eigenvalue weighted by molar-refractivity contribution is 7.47. The lowest BCUT2D eigenvalue weighted by Gasteiger charge is -2.21. The Morgan fingerprint density at radius 2 is 0.619 bits per heavy atom. The molecule has 0 aromatic carbocycles. The van der Waals surface area contributed by atoms with Crippen LogP contribution in [0, 0.1) is 0 Å². The first-order valence-corrected chi connectivity index (χ1v) is 36.0. The number of phosphoric acid groups is 1. The van der Waals surface area contributed by atoms with Crippen molar-refractivity contribution >= 4 is 25.7 Å². The smallest absolute Gasteiger partial charge is 0.462 e. The highest BCUT2D eigenvalue weighted by Gasteiger charge is 2.28. The molecule has 12 heteroatoms. The number of carbonyl (C=O) groups is 3. The zero-order valence-corrected chi connectivity index (χ0v) is 55.0. The highest BCUT2D eigenvalue weighted by atomic mass is 31.2. The highest BCUT2D eigenvalue weighted by Crippen LogP contribution is 2.43. The minimum Gasteiger partial charge on any atom is -0.462 e. The summed E-state index contributed by atoms with van der Waals surface area (Å²) >= 11 is 0. The van der Waals surface area contributed by atoms with Crippen LogP contribution in [0.15, 0.2) is 85.1 Å². The van der Waals surface area contributed by atoms with Crippen LogP contribution in [0.5, 0.6) is 0 Å². The van der Waals surface area contributed by atoms with E-state index >= 15 is 0 Å². The van der Waals surface area contributed by atoms with Crippen molar-refractivity contribution in [2.75, 3.05) is 26.4 Å². The van der Waals surface area contributed by atoms with Gasteiger partial charge in [0, 0.05) is 19.3 Å². The van der Waals surface area contributed by atoms with E-state index in [1.807, 2.05) is 0 Å². The summed E-state index contributed by atoms with van der Waals surface area (Å²) in [5.41, 5.74) is 0. The normalized spacial score (nSPS) is 13.7. The number of ether oxygens (including phenoxy) is 3. The molecular weight excluding hydrogens is 1070 g/mol. The molecule has 0 bridgehead atoms. The molecule has 0 fully saturated rings. The Morgan fingerprint density at radius 3 is 0.988 bits per heavy atom. The average Bonchev–Trinajstić information content (AvgIpc) is 3.53. The average molecular weight is 1200 g/mol. The van der Waals surface area contributed by atoms with Gasteiger partial charge in [-0.05, 0) is 96.3 Å². The number of allylic oxidation sites excluding steroid dienone is 14. The third-order valence-electron chi connectivity index (χ3n) is 14.8. The van der Waals surface area contributed by atoms with Crippen molar-refractivity contribution in [2.24, 2.45) is 0 Å². The number of aliphatic hydroxyl groups is 1. The molecule has 0 saturated heterocycles. The van der Waals surface area contributed by atoms with Gasteiger partial charge in [-0.3, -0.25) is 23.4 Å². The molecular formula is C72H127O11P. The lowest BCUT2D eigenvalue weighted by molar-refractivity contribution is -0.161. The van der Waals surface area contributed by atoms with E-state index < -0.39 is 57.8 Å². The summed E-state index contributed by atoms with van der Waals surface area (Å²) in [5, 5.41) is 9.88. The first-order valence-electron chi connectivity index (χ1n) is 34.5. The van der Waals surface area contributed by atoms with Gasteiger partial charge in [0.05, 0.1) is 19.8 Å². The number of hydrogen-bond donors (Lipinski definition) is 2. The van der Waals surface area contributed by atoms with Gasteiger partial charge in [-0.15, -0.1) is 0 Å². The van der Waals surface area contributed by atoms with Crippen molar-refractivity contribution in [3.05, 3.63) is 85.1 Å². The van der Waals surface area contributed by atoms with Gasteiger partial charge >= 0.3 is 25.7 Å². The number of aliphatic hydroxyl groups excluding tert-OH is 1. The van der Waals surface area contributed by atoms with Crippen LogP contribution in [0.3, 0.4) is 0 Å². The molecule has 486 valence electrons. The first kappa shape index (κ1) is 80.7.